The first-order chi connectivity index (χ1) is 14.1. The molecule has 2 aliphatic heterocycles. The van der Waals surface area contributed by atoms with Gasteiger partial charge in [-0.1, -0.05) is 30.3 Å². The fourth-order valence-electron chi connectivity index (χ4n) is 4.29. The number of nitrogens with zero attached hydrogens (tertiary/aromatic N) is 3. The van der Waals surface area contributed by atoms with Crippen molar-refractivity contribution in [2.75, 3.05) is 18.0 Å². The zero-order valence-electron chi connectivity index (χ0n) is 16.5. The van der Waals surface area contributed by atoms with E-state index >= 15 is 0 Å². The van der Waals surface area contributed by atoms with Crippen LogP contribution in [0.2, 0.25) is 0 Å². The minimum atomic E-state index is -0.275. The average molecular weight is 388 g/mol. The molecule has 6 nitrogen and oxygen atoms in total. The van der Waals surface area contributed by atoms with Crippen LogP contribution in [0, 0.1) is 17.4 Å². The highest BCUT2D eigenvalue weighted by Crippen LogP contribution is 2.37. The van der Waals surface area contributed by atoms with Gasteiger partial charge >= 0.3 is 0 Å². The molecule has 2 aromatic rings. The second-order valence-electron chi connectivity index (χ2n) is 7.67. The monoisotopic (exact) mass is 388 g/mol. The van der Waals surface area contributed by atoms with Crippen LogP contribution in [0.1, 0.15) is 30.9 Å². The first-order valence-corrected chi connectivity index (χ1v) is 9.99. The van der Waals surface area contributed by atoms with E-state index in [9.17, 15) is 14.9 Å². The lowest BCUT2D eigenvalue weighted by molar-refractivity contribution is -0.128. The van der Waals surface area contributed by atoms with Crippen LogP contribution >= 0.6 is 0 Å². The Kier molecular flexibility index (Phi) is 5.32. The molecule has 1 N–H and O–H groups in total. The van der Waals surface area contributed by atoms with Gasteiger partial charge in [0.15, 0.2) is 6.19 Å². The van der Waals surface area contributed by atoms with Crippen molar-refractivity contribution in [3.63, 3.8) is 0 Å². The van der Waals surface area contributed by atoms with Gasteiger partial charge in [-0.05, 0) is 60.3 Å². The number of carbonyl (C=O) groups excluding carboxylic acids is 2. The van der Waals surface area contributed by atoms with Crippen molar-refractivity contribution in [3.8, 4) is 17.3 Å². The van der Waals surface area contributed by atoms with Crippen molar-refractivity contribution in [1.29, 1.82) is 5.26 Å². The quantitative estimate of drug-likeness (QED) is 0.818. The second kappa shape index (κ2) is 8.06. The first-order valence-electron chi connectivity index (χ1n) is 9.99. The number of carbonyl (C=O) groups is 2. The van der Waals surface area contributed by atoms with Gasteiger partial charge in [0.1, 0.15) is 0 Å². The molecule has 0 aromatic heterocycles. The molecule has 0 aliphatic carbocycles. The molecule has 1 fully saturated rings. The minimum Gasteiger partial charge on any atom is -0.317 e. The fourth-order valence-corrected chi connectivity index (χ4v) is 4.29. The maximum Gasteiger partial charge on any atom is 0.236 e. The van der Waals surface area contributed by atoms with Crippen molar-refractivity contribution in [2.24, 2.45) is 5.92 Å². The molecular formula is C23H24N4O2. The third-order valence-electron chi connectivity index (χ3n) is 5.75. The smallest absolute Gasteiger partial charge is 0.236 e. The molecule has 2 heterocycles. The van der Waals surface area contributed by atoms with Crippen LogP contribution in [0.4, 0.5) is 5.69 Å². The number of fused-ring (bicyclic) bond motifs is 1. The molecule has 0 unspecified atom stereocenters. The lowest BCUT2D eigenvalue weighted by Gasteiger charge is -2.28. The Labute approximate surface area is 170 Å². The van der Waals surface area contributed by atoms with E-state index in [0.29, 0.717) is 18.8 Å². The highest BCUT2D eigenvalue weighted by Gasteiger charge is 2.31. The molecule has 0 spiro atoms. The van der Waals surface area contributed by atoms with Crippen LogP contribution in [0.15, 0.2) is 42.5 Å². The minimum absolute atomic E-state index is 0.131. The van der Waals surface area contributed by atoms with E-state index in [2.05, 4.69) is 11.5 Å². The predicted octanol–water partition coefficient (Wildman–Crippen LogP) is 3.03. The zero-order chi connectivity index (χ0) is 20.4. The van der Waals surface area contributed by atoms with Gasteiger partial charge in [-0.3, -0.25) is 14.5 Å². The van der Waals surface area contributed by atoms with E-state index < -0.39 is 0 Å². The van der Waals surface area contributed by atoms with Crippen molar-refractivity contribution >= 4 is 17.5 Å². The molecule has 2 aliphatic rings. The Hall–Kier alpha value is -3.17. The standard InChI is InChI=1S/C23H24N4O2/c1-16(28)27(23(29)18-7-9-25-10-8-18)20-11-19-13-26(15-24)14-22(19)21(12-20)17-5-3-2-4-6-17/h2-6,11-12,18,25H,7-10,13-14H2,1H3. The molecule has 4 rings (SSSR count). The molecule has 0 saturated carbocycles. The summed E-state index contributed by atoms with van der Waals surface area (Å²) in [5.74, 6) is -0.556. The summed E-state index contributed by atoms with van der Waals surface area (Å²) in [7, 11) is 0. The number of rotatable bonds is 3. The highest BCUT2D eigenvalue weighted by atomic mass is 16.2. The highest BCUT2D eigenvalue weighted by molar-refractivity contribution is 6.15. The Morgan fingerprint density at radius 2 is 1.86 bits per heavy atom. The number of nitriles is 1. The summed E-state index contributed by atoms with van der Waals surface area (Å²) in [5, 5.41) is 12.6. The summed E-state index contributed by atoms with van der Waals surface area (Å²) in [6.07, 6.45) is 3.69. The first kappa shape index (κ1) is 19.2. The van der Waals surface area contributed by atoms with Crippen LogP contribution in [0.25, 0.3) is 11.1 Å². The van der Waals surface area contributed by atoms with Crippen molar-refractivity contribution in [2.45, 2.75) is 32.9 Å². The Bertz CT molecular complexity index is 974. The third kappa shape index (κ3) is 3.74. The van der Waals surface area contributed by atoms with Crippen molar-refractivity contribution < 1.29 is 9.59 Å². The lowest BCUT2D eigenvalue weighted by atomic mass is 9.94. The number of nitrogens with one attached hydrogen (secondary N) is 1. The molecule has 148 valence electrons. The van der Waals surface area contributed by atoms with Crippen molar-refractivity contribution in [1.82, 2.24) is 10.2 Å². The largest absolute Gasteiger partial charge is 0.317 e. The normalized spacial score (nSPS) is 16.2. The molecular weight excluding hydrogens is 364 g/mol. The van der Waals surface area contributed by atoms with E-state index in [0.717, 1.165) is 48.2 Å². The SMILES string of the molecule is CC(=O)N(C(=O)C1CCNCC1)c1cc2c(c(-c3ccccc3)c1)CN(C#N)C2. The predicted molar refractivity (Wildman–Crippen MR) is 110 cm³/mol. The van der Waals surface area contributed by atoms with Crippen LogP contribution in [-0.2, 0) is 22.7 Å². The van der Waals surface area contributed by atoms with Gasteiger partial charge in [-0.25, -0.2) is 0 Å². The second-order valence-corrected chi connectivity index (χ2v) is 7.67. The molecule has 0 bridgehead atoms. The summed E-state index contributed by atoms with van der Waals surface area (Å²) in [5.41, 5.74) is 4.66. The Morgan fingerprint density at radius 3 is 2.52 bits per heavy atom. The Morgan fingerprint density at radius 1 is 1.14 bits per heavy atom. The summed E-state index contributed by atoms with van der Waals surface area (Å²) in [6.45, 7) is 4.05. The summed E-state index contributed by atoms with van der Waals surface area (Å²) >= 11 is 0. The van der Waals surface area contributed by atoms with Crippen LogP contribution < -0.4 is 10.2 Å². The number of hydrogen-bond acceptors (Lipinski definition) is 5. The lowest BCUT2D eigenvalue weighted by Crippen LogP contribution is -2.43. The summed E-state index contributed by atoms with van der Waals surface area (Å²) < 4.78 is 0. The van der Waals surface area contributed by atoms with Crippen LogP contribution in [0.5, 0.6) is 0 Å². The molecule has 29 heavy (non-hydrogen) atoms. The van der Waals surface area contributed by atoms with Gasteiger partial charge in [0.05, 0.1) is 18.8 Å². The van der Waals surface area contributed by atoms with Crippen LogP contribution in [-0.4, -0.2) is 29.8 Å². The molecule has 2 amide bonds. The number of imide groups is 1. The van der Waals surface area contributed by atoms with Gasteiger partial charge in [0.2, 0.25) is 11.8 Å². The number of anilines is 1. The molecule has 0 radical (unpaired) electrons. The van der Waals surface area contributed by atoms with Gasteiger partial charge in [-0.15, -0.1) is 0 Å². The van der Waals surface area contributed by atoms with Crippen LogP contribution in [0.3, 0.4) is 0 Å². The van der Waals surface area contributed by atoms with Gasteiger partial charge in [0.25, 0.3) is 0 Å². The van der Waals surface area contributed by atoms with Gasteiger partial charge in [0, 0.05) is 12.8 Å². The average Bonchev–Trinajstić information content (AvgIpc) is 3.17. The van der Waals surface area contributed by atoms with E-state index in [4.69, 9.17) is 0 Å². The topological polar surface area (TPSA) is 76.4 Å². The number of benzene rings is 2. The number of amides is 2. The molecule has 6 heteroatoms. The fraction of sp³-hybridized carbons (Fsp3) is 0.348. The zero-order valence-corrected chi connectivity index (χ0v) is 16.5. The summed E-state index contributed by atoms with van der Waals surface area (Å²) in [6, 6.07) is 13.7. The van der Waals surface area contributed by atoms with E-state index in [1.165, 1.54) is 11.8 Å². The number of hydrogen-bond donors (Lipinski definition) is 1. The van der Waals surface area contributed by atoms with E-state index in [1.54, 1.807) is 4.90 Å². The molecule has 2 aromatic carbocycles. The maximum atomic E-state index is 13.2. The van der Waals surface area contributed by atoms with Gasteiger partial charge in [-0.2, -0.15) is 5.26 Å². The van der Waals surface area contributed by atoms with Crippen molar-refractivity contribution in [3.05, 3.63) is 53.6 Å². The summed E-state index contributed by atoms with van der Waals surface area (Å²) in [4.78, 5) is 28.8. The third-order valence-corrected chi connectivity index (χ3v) is 5.75. The molecule has 0 atom stereocenters. The maximum absolute atomic E-state index is 13.2. The Balaban J connectivity index is 1.79. The molecule has 1 saturated heterocycles. The van der Waals surface area contributed by atoms with Gasteiger partial charge < -0.3 is 10.2 Å². The van der Waals surface area contributed by atoms with E-state index in [-0.39, 0.29) is 17.7 Å². The number of piperidine rings is 1. The van der Waals surface area contributed by atoms with E-state index in [1.807, 2.05) is 42.5 Å².